The van der Waals surface area contributed by atoms with Crippen LogP contribution in [0.4, 0.5) is 0 Å². The number of nitrogens with zero attached hydrogens (tertiary/aromatic N) is 6. The van der Waals surface area contributed by atoms with Crippen molar-refractivity contribution in [1.82, 2.24) is 29.9 Å². The van der Waals surface area contributed by atoms with Crippen LogP contribution < -0.4 is 0 Å². The van der Waals surface area contributed by atoms with E-state index in [0.29, 0.717) is 17.1 Å². The van der Waals surface area contributed by atoms with Crippen LogP contribution in [0.1, 0.15) is 75.3 Å². The molecule has 20 aromatic rings. The van der Waals surface area contributed by atoms with E-state index in [4.69, 9.17) is 46.8 Å². The summed E-state index contributed by atoms with van der Waals surface area (Å²) in [5.74, 6) is 2.33. The van der Waals surface area contributed by atoms with Crippen LogP contribution in [0.3, 0.4) is 0 Å². The van der Waals surface area contributed by atoms with Gasteiger partial charge in [0, 0.05) is 156 Å². The molecule has 126 heavy (non-hydrogen) atoms. The summed E-state index contributed by atoms with van der Waals surface area (Å²) in [5, 5.41) is 34.1. The topological polar surface area (TPSA) is 268 Å². The number of ketones is 3. The van der Waals surface area contributed by atoms with Crippen LogP contribution in [0.15, 0.2) is 311 Å². The minimum Gasteiger partial charge on any atom is -0.512 e. The van der Waals surface area contributed by atoms with Crippen molar-refractivity contribution < 1.29 is 117 Å². The van der Waals surface area contributed by atoms with Crippen LogP contribution in [0, 0.1) is 59.7 Å². The molecule has 0 aliphatic rings. The van der Waals surface area contributed by atoms with Crippen molar-refractivity contribution in [2.24, 2.45) is 0 Å². The number of carbonyl (C=O) groups excluding carboxylic acids is 3. The Kier molecular flexibility index (Phi) is 29.2. The van der Waals surface area contributed by atoms with Crippen LogP contribution >= 0.6 is 0 Å². The number of allylic oxidation sites excluding steroid dienone is 6. The van der Waals surface area contributed by atoms with Crippen molar-refractivity contribution >= 4 is 116 Å². The SMILES string of the molecule is CC(=O)C=C(C)O.CC(=O)C=C(C)O.CC(=O)C=C(C)O.Cc1ccc2c(n1)oc1c(-c3cc4c(-c5ccccc5)c(-c5ccccc5)oc4cn3)[c-]ccc12.Cc1ccc2c(n1)oc1c(-c3cc4c(C)c(-c5ccccc5)oc4cn3)[c-]ccc12.Cc1ccc2c(n1)oc1c(-c3cc4cc(-c5ccc(-c6c(C)cccc6C)cc5)oc4cn3)[c-]ccc12.[Ir].[Ir].[Ir]. The van der Waals surface area contributed by atoms with Gasteiger partial charge in [-0.3, -0.25) is 14.4 Å². The van der Waals surface area contributed by atoms with Crippen molar-refractivity contribution in [2.75, 3.05) is 0 Å². The average molecular weight is 2200 g/mol. The van der Waals surface area contributed by atoms with Crippen molar-refractivity contribution in [3.05, 3.63) is 337 Å². The smallest absolute Gasteiger partial charge is 0.216 e. The predicted molar refractivity (Wildman–Crippen MR) is 487 cm³/mol. The van der Waals surface area contributed by atoms with Crippen LogP contribution in [-0.4, -0.2) is 62.6 Å². The molecule has 0 aliphatic carbocycles. The van der Waals surface area contributed by atoms with Crippen molar-refractivity contribution in [3.63, 3.8) is 0 Å². The number of aliphatic hydroxyl groups is 3. The van der Waals surface area contributed by atoms with Crippen LogP contribution in [0.25, 0.3) is 189 Å². The van der Waals surface area contributed by atoms with Gasteiger partial charge in [-0.15, -0.1) is 54.6 Å². The summed E-state index contributed by atoms with van der Waals surface area (Å²) >= 11 is 0. The number of furan rings is 6. The number of rotatable bonds is 11. The van der Waals surface area contributed by atoms with E-state index < -0.39 is 0 Å². The molecule has 0 spiro atoms. The van der Waals surface area contributed by atoms with E-state index in [-0.39, 0.29) is 94.9 Å². The van der Waals surface area contributed by atoms with Crippen LogP contribution in [0.5, 0.6) is 0 Å². The van der Waals surface area contributed by atoms with Crippen LogP contribution in [0.2, 0.25) is 0 Å². The number of benzene rings is 8. The van der Waals surface area contributed by atoms with E-state index >= 15 is 0 Å². The maximum atomic E-state index is 10.0. The Labute approximate surface area is 766 Å². The first-order valence-electron chi connectivity index (χ1n) is 39.7. The van der Waals surface area contributed by atoms with Gasteiger partial charge in [0.25, 0.3) is 0 Å². The monoisotopic (exact) mass is 2200 g/mol. The van der Waals surface area contributed by atoms with Crippen molar-refractivity contribution in [3.8, 4) is 90.0 Å². The fourth-order valence-electron chi connectivity index (χ4n) is 14.8. The molecule has 20 rings (SSSR count). The molecule has 0 unspecified atom stereocenters. The summed E-state index contributed by atoms with van der Waals surface area (Å²) in [6.07, 6.45) is 8.85. The average Bonchev–Trinajstić information content (AvgIpc) is 1.58. The molecule has 0 aliphatic heterocycles. The molecule has 0 saturated heterocycles. The molecule has 0 bridgehead atoms. The third kappa shape index (κ3) is 20.4. The minimum absolute atomic E-state index is 0. The molecule has 21 heteroatoms. The normalized spacial score (nSPS) is 11.3. The first-order chi connectivity index (χ1) is 59.4. The second-order valence-electron chi connectivity index (χ2n) is 29.9. The zero-order valence-corrected chi connectivity index (χ0v) is 77.8. The molecule has 0 amide bonds. The molecule has 12 heterocycles. The Morgan fingerprint density at radius 3 is 1.09 bits per heavy atom. The summed E-state index contributed by atoms with van der Waals surface area (Å²) < 4.78 is 37.2. The summed E-state index contributed by atoms with van der Waals surface area (Å²) in [7, 11) is 0. The first kappa shape index (κ1) is 91.5. The second-order valence-corrected chi connectivity index (χ2v) is 29.9. The fraction of sp³-hybridized carbons (Fsp3) is 0.114. The number of hydrogen-bond acceptors (Lipinski definition) is 18. The van der Waals surface area contributed by atoms with E-state index in [1.54, 1.807) is 18.6 Å². The van der Waals surface area contributed by atoms with Crippen molar-refractivity contribution in [2.45, 2.75) is 83.1 Å². The zero-order valence-electron chi connectivity index (χ0n) is 70.6. The van der Waals surface area contributed by atoms with E-state index in [9.17, 15) is 14.4 Å². The second kappa shape index (κ2) is 40.3. The number of carbonyl (C=O) groups is 3. The third-order valence-corrected chi connectivity index (χ3v) is 20.2. The summed E-state index contributed by atoms with van der Waals surface area (Å²) in [6, 6.07) is 87.8. The number of pyridine rings is 6. The van der Waals surface area contributed by atoms with E-state index in [2.05, 4.69) is 179 Å². The van der Waals surface area contributed by atoms with E-state index in [1.165, 1.54) is 82.0 Å². The minimum atomic E-state index is -0.125. The molecule has 0 fully saturated rings. The largest absolute Gasteiger partial charge is 0.512 e. The number of aliphatic hydroxyl groups excluding tert-OH is 3. The Morgan fingerprint density at radius 1 is 0.325 bits per heavy atom. The third-order valence-electron chi connectivity index (χ3n) is 20.2. The van der Waals surface area contributed by atoms with Gasteiger partial charge in [0.2, 0.25) is 17.1 Å². The van der Waals surface area contributed by atoms with Gasteiger partial charge in [-0.2, -0.15) is 0 Å². The van der Waals surface area contributed by atoms with Gasteiger partial charge in [0.1, 0.15) is 17.3 Å². The first-order valence-corrected chi connectivity index (χ1v) is 39.7. The molecule has 12 aromatic heterocycles. The Morgan fingerprint density at radius 2 is 0.683 bits per heavy atom. The summed E-state index contributed by atoms with van der Waals surface area (Å²) in [4.78, 5) is 57.8. The Balaban J connectivity index is 0.000000153. The number of aromatic nitrogens is 6. The maximum absolute atomic E-state index is 10.0. The maximum Gasteiger partial charge on any atom is 0.216 e. The fourth-order valence-corrected chi connectivity index (χ4v) is 14.8. The molecule has 18 nitrogen and oxygen atoms in total. The standard InChI is InChI=1S/C33H23N2O2.C31H19N2O2.C26H17N2O2.3C5H8O2.3Ir/c1-19-6-4-7-20(2)31(19)23-13-11-22(12-14-23)29-17-24-16-28(34-18-30(24)36-29)27-9-5-8-25-26-15-10-21(3)35-33(26)37-32(25)27;1-19-15-16-23-22-13-8-14-24(30(22)35-31(23)33-19)26-17-25-27(18-32-26)34-29(21-11-6-3-7-12-21)28(25)20-9-4-2-5-10-20;1-15-11-12-19-18-9-6-10-20(25(18)30-26(19)28-15)22-13-21-16(2)24(29-23(21)14-27-22)17-7-4-3-5-8-17;3*1-4(6)3-5(2)7;;;/h4-8,10-18H,1-3H3;2-13,15-18H,1H3;3-9,11-14H,1-2H3;3*3,6H,1-2H3;;;/q3*-1;;;;;;. The molecule has 8 aromatic carbocycles. The number of aryl methyl sites for hydroxylation is 6. The Hall–Kier alpha value is -13.7. The zero-order chi connectivity index (χ0) is 86.3. The Bertz CT molecular complexity index is 7410. The van der Waals surface area contributed by atoms with Gasteiger partial charge in [-0.1, -0.05) is 185 Å². The molecule has 635 valence electrons. The van der Waals surface area contributed by atoms with Gasteiger partial charge < -0.3 is 56.8 Å². The summed E-state index contributed by atoms with van der Waals surface area (Å²) in [6.45, 7) is 20.8. The van der Waals surface area contributed by atoms with Gasteiger partial charge >= 0.3 is 0 Å². The molecule has 3 N–H and O–H groups in total. The van der Waals surface area contributed by atoms with Gasteiger partial charge in [0.05, 0.1) is 52.6 Å². The molecule has 0 saturated carbocycles. The van der Waals surface area contributed by atoms with Gasteiger partial charge in [0.15, 0.2) is 34.1 Å². The van der Waals surface area contributed by atoms with Gasteiger partial charge in [-0.05, 0) is 170 Å². The number of fused-ring (bicyclic) bond motifs is 12. The number of hydrogen-bond donors (Lipinski definition) is 3. The summed E-state index contributed by atoms with van der Waals surface area (Å²) in [5.41, 5.74) is 25.3. The van der Waals surface area contributed by atoms with E-state index in [0.717, 1.165) is 183 Å². The van der Waals surface area contributed by atoms with Gasteiger partial charge in [-0.25, -0.2) is 15.0 Å². The van der Waals surface area contributed by atoms with Crippen molar-refractivity contribution in [1.29, 1.82) is 0 Å². The molecular weight excluding hydrogens is 2110 g/mol. The quantitative estimate of drug-likeness (QED) is 0.0617. The predicted octanol–water partition coefficient (Wildman–Crippen LogP) is 27.1. The molecular formula is C105H83Ir3N6O12-3. The molecule has 3 radical (unpaired) electrons. The molecule has 0 atom stereocenters. The van der Waals surface area contributed by atoms with Crippen LogP contribution in [-0.2, 0) is 74.7 Å². The van der Waals surface area contributed by atoms with E-state index in [1.807, 2.05) is 136 Å².